The van der Waals surface area contributed by atoms with Crippen LogP contribution in [-0.2, 0) is 7.05 Å². The summed E-state index contributed by atoms with van der Waals surface area (Å²) in [4.78, 5) is 0. The van der Waals surface area contributed by atoms with Crippen molar-refractivity contribution in [2.24, 2.45) is 7.05 Å². The van der Waals surface area contributed by atoms with E-state index in [0.29, 0.717) is 5.56 Å². The summed E-state index contributed by atoms with van der Waals surface area (Å²) in [6.07, 6.45) is 1.95. The fourth-order valence-electron chi connectivity index (χ4n) is 4.93. The Morgan fingerprint density at radius 3 is 1.89 bits per heavy atom. The van der Waals surface area contributed by atoms with Crippen molar-refractivity contribution in [3.8, 4) is 11.3 Å². The van der Waals surface area contributed by atoms with Crippen molar-refractivity contribution in [3.05, 3.63) is 65.4 Å². The van der Waals surface area contributed by atoms with Crippen molar-refractivity contribution in [2.45, 2.75) is 46.9 Å². The van der Waals surface area contributed by atoms with Gasteiger partial charge in [-0.05, 0) is 37.9 Å². The maximum atomic E-state index is 7.98. The van der Waals surface area contributed by atoms with Crippen molar-refractivity contribution in [1.29, 1.82) is 0 Å². The van der Waals surface area contributed by atoms with E-state index < -0.39 is 23.0 Å². The fourth-order valence-corrected chi connectivity index (χ4v) is 14.4. The lowest BCUT2D eigenvalue weighted by molar-refractivity contribution is -0.660. The van der Waals surface area contributed by atoms with E-state index in [1.807, 2.05) is 26.2 Å². The van der Waals surface area contributed by atoms with Gasteiger partial charge >= 0.3 is 0 Å². The Bertz CT molecular complexity index is 1210. The summed E-state index contributed by atoms with van der Waals surface area (Å²) in [5.41, 5.74) is 4.59. The van der Waals surface area contributed by atoms with Crippen LogP contribution in [0, 0.1) is 20.7 Å². The van der Waals surface area contributed by atoms with Gasteiger partial charge in [-0.25, -0.2) is 4.57 Å². The van der Waals surface area contributed by atoms with E-state index in [0.717, 1.165) is 16.8 Å². The van der Waals surface area contributed by atoms with E-state index in [9.17, 15) is 0 Å². The van der Waals surface area contributed by atoms with Gasteiger partial charge in [-0.15, -0.1) is 0 Å². The zero-order valence-corrected chi connectivity index (χ0v) is 20.1. The Morgan fingerprint density at radius 1 is 0.750 bits per heavy atom. The molecule has 0 aliphatic carbocycles. The van der Waals surface area contributed by atoms with Gasteiger partial charge in [-0.1, -0.05) is 77.3 Å². The summed E-state index contributed by atoms with van der Waals surface area (Å²) < 4.78 is 26.0. The smallest absolute Gasteiger partial charge is 0.201 e. The Morgan fingerprint density at radius 2 is 1.32 bits per heavy atom. The van der Waals surface area contributed by atoms with Gasteiger partial charge in [0.2, 0.25) is 5.69 Å². The fraction of sp³-hybridized carbons (Fsp3) is 0.320. The van der Waals surface area contributed by atoms with E-state index in [1.54, 1.807) is 15.6 Å². The largest absolute Gasteiger partial charge is 0.212 e. The molecule has 0 saturated heterocycles. The summed E-state index contributed by atoms with van der Waals surface area (Å²) in [5, 5.41) is 6.21. The normalized spacial score (nSPS) is 18.5. The highest BCUT2D eigenvalue weighted by Gasteiger charge is 2.44. The van der Waals surface area contributed by atoms with Gasteiger partial charge < -0.3 is 0 Å². The Labute approximate surface area is 176 Å². The maximum Gasteiger partial charge on any atom is 0.212 e. The van der Waals surface area contributed by atoms with E-state index in [4.69, 9.17) is 4.11 Å². The first-order valence-corrected chi connectivity index (χ1v) is 16.0. The van der Waals surface area contributed by atoms with E-state index in [-0.39, 0.29) is 0 Å². The van der Waals surface area contributed by atoms with Crippen molar-refractivity contribution in [2.75, 3.05) is 0 Å². The number of rotatable bonds is 1. The highest BCUT2D eigenvalue weighted by atomic mass is 28.3. The van der Waals surface area contributed by atoms with Crippen LogP contribution in [0.15, 0.2) is 48.7 Å². The monoisotopic (exact) mass is 405 g/mol. The first kappa shape index (κ1) is 15.9. The SMILES string of the molecule is [2H]C([2H])([2H])c1cc(-c2cc3c(cc2C)[Si](C)(C)c2ccccc2[Si]3(C)C)[n+](C)cc1C. The highest BCUT2D eigenvalue weighted by molar-refractivity contribution is 7.16. The Balaban J connectivity index is 2.02. The molecule has 0 radical (unpaired) electrons. The van der Waals surface area contributed by atoms with Gasteiger partial charge in [-0.2, -0.15) is 0 Å². The quantitative estimate of drug-likeness (QED) is 0.433. The number of aromatic nitrogens is 1. The lowest BCUT2D eigenvalue weighted by atomic mass is 10.0. The zero-order chi connectivity index (χ0) is 22.9. The molecule has 3 aromatic rings. The van der Waals surface area contributed by atoms with Crippen LogP contribution in [0.3, 0.4) is 0 Å². The molecule has 1 aliphatic rings. The maximum absolute atomic E-state index is 7.98. The second-order valence-electron chi connectivity index (χ2n) is 9.37. The number of hydrogen-bond donors (Lipinski definition) is 0. The molecular formula is C25H32NSi2+. The molecule has 3 heteroatoms. The molecular weight excluding hydrogens is 370 g/mol. The number of benzene rings is 2. The average molecular weight is 406 g/mol. The minimum Gasteiger partial charge on any atom is -0.201 e. The van der Waals surface area contributed by atoms with Crippen molar-refractivity contribution in [3.63, 3.8) is 0 Å². The molecule has 0 N–H and O–H groups in total. The Kier molecular flexibility index (Phi) is 3.55. The van der Waals surface area contributed by atoms with Gasteiger partial charge in [0.15, 0.2) is 6.20 Å². The van der Waals surface area contributed by atoms with Crippen molar-refractivity contribution < 1.29 is 8.68 Å². The number of nitrogens with zero attached hydrogens (tertiary/aromatic N) is 1. The summed E-state index contributed by atoms with van der Waals surface area (Å²) in [6, 6.07) is 15.8. The third-order valence-corrected chi connectivity index (χ3v) is 14.3. The Hall–Kier alpha value is -1.98. The third-order valence-electron chi connectivity index (χ3n) is 6.73. The molecule has 1 aliphatic heterocycles. The minimum absolute atomic E-state index is 0.439. The molecule has 0 spiro atoms. The molecule has 4 rings (SSSR count). The topological polar surface area (TPSA) is 3.88 Å². The number of fused-ring (bicyclic) bond motifs is 2. The molecule has 0 atom stereocenters. The minimum atomic E-state index is -2.11. The second-order valence-corrected chi connectivity index (χ2v) is 18.0. The van der Waals surface area contributed by atoms with Crippen LogP contribution in [0.1, 0.15) is 20.8 Å². The van der Waals surface area contributed by atoms with Gasteiger partial charge in [0, 0.05) is 21.3 Å². The molecule has 2 aromatic carbocycles. The summed E-state index contributed by atoms with van der Waals surface area (Å²) in [5.74, 6) is 0. The number of pyridine rings is 1. The van der Waals surface area contributed by atoms with E-state index in [1.165, 1.54) is 10.8 Å². The average Bonchev–Trinajstić information content (AvgIpc) is 2.66. The molecule has 0 amide bonds. The van der Waals surface area contributed by atoms with E-state index >= 15 is 0 Å². The van der Waals surface area contributed by atoms with E-state index in [2.05, 4.69) is 74.1 Å². The third kappa shape index (κ3) is 2.67. The van der Waals surface area contributed by atoms with Gasteiger partial charge in [0.05, 0.1) is 0 Å². The molecule has 0 saturated carbocycles. The first-order chi connectivity index (χ1) is 14.3. The molecule has 0 unspecified atom stereocenters. The van der Waals surface area contributed by atoms with Crippen LogP contribution in [0.5, 0.6) is 0 Å². The van der Waals surface area contributed by atoms with Gasteiger partial charge in [0.1, 0.15) is 23.2 Å². The van der Waals surface area contributed by atoms with Crippen LogP contribution < -0.4 is 25.3 Å². The molecule has 0 fully saturated rings. The van der Waals surface area contributed by atoms with Crippen LogP contribution in [0.2, 0.25) is 26.2 Å². The number of hydrogen-bond acceptors (Lipinski definition) is 0. The molecule has 144 valence electrons. The van der Waals surface area contributed by atoms with Crippen molar-refractivity contribution >= 4 is 36.9 Å². The van der Waals surface area contributed by atoms with Crippen LogP contribution >= 0.6 is 0 Å². The van der Waals surface area contributed by atoms with Gasteiger partial charge in [0.25, 0.3) is 0 Å². The molecule has 28 heavy (non-hydrogen) atoms. The van der Waals surface area contributed by atoms with Gasteiger partial charge in [-0.3, -0.25) is 0 Å². The second kappa shape index (κ2) is 6.26. The van der Waals surface area contributed by atoms with Crippen molar-refractivity contribution in [1.82, 2.24) is 0 Å². The summed E-state index contributed by atoms with van der Waals surface area (Å²) >= 11 is 0. The highest BCUT2D eigenvalue weighted by Crippen LogP contribution is 2.24. The number of aryl methyl sites for hydroxylation is 4. The molecule has 0 bridgehead atoms. The molecule has 1 nitrogen and oxygen atoms in total. The first-order valence-electron chi connectivity index (χ1n) is 11.5. The van der Waals surface area contributed by atoms with Crippen LogP contribution in [0.4, 0.5) is 0 Å². The predicted molar refractivity (Wildman–Crippen MR) is 127 cm³/mol. The standard InChI is InChI=1S/C25H32NSi2/c1-17-13-21(26(4)16-19(17)3)20-15-25-24(14-18(20)2)27(5,6)22-11-9-10-12-23(22)28(25,7)8/h9-16H,1-8H3/q+1/i1D3. The summed E-state index contributed by atoms with van der Waals surface area (Å²) in [7, 11) is -1.66. The van der Waals surface area contributed by atoms with Crippen LogP contribution in [0.25, 0.3) is 11.3 Å². The predicted octanol–water partition coefficient (Wildman–Crippen LogP) is 3.06. The van der Waals surface area contributed by atoms with Crippen LogP contribution in [-0.4, -0.2) is 16.1 Å². The zero-order valence-electron chi connectivity index (χ0n) is 21.1. The molecule has 2 heterocycles. The summed E-state index contributed by atoms with van der Waals surface area (Å²) in [6.45, 7) is 11.8. The lowest BCUT2D eigenvalue weighted by Crippen LogP contribution is -2.77. The molecule has 1 aromatic heterocycles. The lowest BCUT2D eigenvalue weighted by Gasteiger charge is -2.42.